The molecule has 0 radical (unpaired) electrons. The van der Waals surface area contributed by atoms with Gasteiger partial charge in [-0.1, -0.05) is 0 Å². The second kappa shape index (κ2) is 10.1. The van der Waals surface area contributed by atoms with Gasteiger partial charge in [0.2, 0.25) is 11.8 Å². The van der Waals surface area contributed by atoms with Gasteiger partial charge in [0.15, 0.2) is 0 Å². The first-order valence-electron chi connectivity index (χ1n) is 10.0. The highest BCUT2D eigenvalue weighted by Gasteiger charge is 2.48. The lowest BCUT2D eigenvalue weighted by atomic mass is 9.79. The largest absolute Gasteiger partial charge is 0.490 e. The molecule has 0 saturated carbocycles. The number of carbonyl (C=O) groups is 1. The summed E-state index contributed by atoms with van der Waals surface area (Å²) < 4.78 is 43.6. The number of halogens is 3. The zero-order valence-corrected chi connectivity index (χ0v) is 17.5. The highest BCUT2D eigenvalue weighted by atomic mass is 19.4. The van der Waals surface area contributed by atoms with Gasteiger partial charge in [-0.3, -0.25) is 4.98 Å². The summed E-state index contributed by atoms with van der Waals surface area (Å²) in [5.41, 5.74) is 0.839. The molecule has 2 aromatic heterocycles. The third kappa shape index (κ3) is 6.49. The molecule has 2 aromatic rings. The number of alkyl halides is 3. The van der Waals surface area contributed by atoms with Gasteiger partial charge in [0.1, 0.15) is 5.60 Å². The molecule has 2 saturated heterocycles. The van der Waals surface area contributed by atoms with Gasteiger partial charge in [0.05, 0.1) is 31.6 Å². The first-order valence-corrected chi connectivity index (χ1v) is 10.0. The van der Waals surface area contributed by atoms with E-state index in [1.807, 2.05) is 13.0 Å². The Labute approximate surface area is 182 Å². The number of carboxylic acid groups (broad SMARTS) is 1. The number of rotatable bonds is 5. The van der Waals surface area contributed by atoms with Crippen LogP contribution in [0.4, 0.5) is 19.1 Å². The van der Waals surface area contributed by atoms with E-state index in [-0.39, 0.29) is 5.60 Å². The number of carboxylic acids is 1. The number of aliphatic carboxylic acids is 1. The number of aromatic nitrogens is 4. The van der Waals surface area contributed by atoms with Crippen LogP contribution >= 0.6 is 0 Å². The van der Waals surface area contributed by atoms with Gasteiger partial charge >= 0.3 is 12.1 Å². The van der Waals surface area contributed by atoms with Crippen molar-refractivity contribution >= 4 is 11.9 Å². The average molecular weight is 455 g/mol. The number of anilines is 1. The molecule has 0 amide bonds. The molecule has 2 fully saturated rings. The minimum absolute atomic E-state index is 0.0364. The summed E-state index contributed by atoms with van der Waals surface area (Å²) in [7, 11) is 0. The molecule has 32 heavy (non-hydrogen) atoms. The standard InChI is InChI=1S/C18H23N5O2.C2HF3O2/c1-14-10-19-11-16(22-14)24-7-3-15-4-8-25-18(9-15)12-23(13-18)17-20-5-2-6-21-17;3-2(4,5)1(6)7/h2,5-6,10-11,15H,3-4,7-9,12-13H2,1H3;(H,6,7). The quantitative estimate of drug-likeness (QED) is 0.727. The summed E-state index contributed by atoms with van der Waals surface area (Å²) in [5.74, 6) is -0.740. The molecule has 1 atom stereocenters. The number of aryl methyl sites for hydroxylation is 1. The SMILES string of the molecule is Cc1cncc(OCCC2CCOC3(C2)CN(c2ncccn2)C3)n1.O=C(O)C(F)(F)F. The third-order valence-corrected chi connectivity index (χ3v) is 5.14. The minimum atomic E-state index is -5.08. The molecule has 0 aromatic carbocycles. The topological polar surface area (TPSA) is 111 Å². The van der Waals surface area contributed by atoms with Crippen LogP contribution in [0.1, 0.15) is 25.0 Å². The van der Waals surface area contributed by atoms with E-state index in [4.69, 9.17) is 19.4 Å². The smallest absolute Gasteiger partial charge is 0.477 e. The van der Waals surface area contributed by atoms with Crippen LogP contribution in [-0.4, -0.2) is 69.1 Å². The normalized spacial score (nSPS) is 19.5. The highest BCUT2D eigenvalue weighted by Crippen LogP contribution is 2.39. The molecule has 2 aliphatic heterocycles. The lowest BCUT2D eigenvalue weighted by molar-refractivity contribution is -0.192. The highest BCUT2D eigenvalue weighted by molar-refractivity contribution is 5.73. The van der Waals surface area contributed by atoms with E-state index in [0.717, 1.165) is 50.6 Å². The lowest BCUT2D eigenvalue weighted by Gasteiger charge is -2.53. The average Bonchev–Trinajstić information content (AvgIpc) is 2.73. The Kier molecular flexibility index (Phi) is 7.44. The number of hydrogen-bond donors (Lipinski definition) is 1. The summed E-state index contributed by atoms with van der Waals surface area (Å²) >= 11 is 0. The predicted octanol–water partition coefficient (Wildman–Crippen LogP) is 2.66. The van der Waals surface area contributed by atoms with Crippen molar-refractivity contribution in [3.63, 3.8) is 0 Å². The Morgan fingerprint density at radius 3 is 2.62 bits per heavy atom. The van der Waals surface area contributed by atoms with Gasteiger partial charge < -0.3 is 19.5 Å². The summed E-state index contributed by atoms with van der Waals surface area (Å²) in [5, 5.41) is 7.12. The van der Waals surface area contributed by atoms with E-state index in [2.05, 4.69) is 24.8 Å². The van der Waals surface area contributed by atoms with Crippen molar-refractivity contribution in [3.05, 3.63) is 36.5 Å². The summed E-state index contributed by atoms with van der Waals surface area (Å²) in [6, 6.07) is 1.84. The van der Waals surface area contributed by atoms with Gasteiger partial charge in [-0.2, -0.15) is 13.2 Å². The van der Waals surface area contributed by atoms with Crippen LogP contribution in [0.5, 0.6) is 5.88 Å². The van der Waals surface area contributed by atoms with Crippen molar-refractivity contribution in [2.24, 2.45) is 5.92 Å². The minimum Gasteiger partial charge on any atom is -0.477 e. The van der Waals surface area contributed by atoms with Crippen molar-refractivity contribution < 1.29 is 32.5 Å². The molecule has 4 rings (SSSR count). The van der Waals surface area contributed by atoms with Crippen LogP contribution < -0.4 is 9.64 Å². The molecule has 1 spiro atoms. The van der Waals surface area contributed by atoms with Gasteiger partial charge in [-0.05, 0) is 38.2 Å². The third-order valence-electron chi connectivity index (χ3n) is 5.14. The fraction of sp³-hybridized carbons (Fsp3) is 0.550. The number of nitrogens with zero attached hydrogens (tertiary/aromatic N) is 5. The maximum atomic E-state index is 10.6. The van der Waals surface area contributed by atoms with Crippen molar-refractivity contribution in [2.75, 3.05) is 31.2 Å². The molecule has 12 heteroatoms. The number of ether oxygens (including phenoxy) is 2. The molecule has 1 unspecified atom stereocenters. The van der Waals surface area contributed by atoms with E-state index in [1.54, 1.807) is 24.8 Å². The van der Waals surface area contributed by atoms with Crippen LogP contribution in [0.3, 0.4) is 0 Å². The summed E-state index contributed by atoms with van der Waals surface area (Å²) in [4.78, 5) is 28.1. The summed E-state index contributed by atoms with van der Waals surface area (Å²) in [6.45, 7) is 5.15. The zero-order chi connectivity index (χ0) is 23.2. The Bertz CT molecular complexity index is 894. The van der Waals surface area contributed by atoms with Crippen LogP contribution in [0.15, 0.2) is 30.9 Å². The monoisotopic (exact) mass is 455 g/mol. The Morgan fingerprint density at radius 2 is 2.00 bits per heavy atom. The first kappa shape index (κ1) is 23.6. The van der Waals surface area contributed by atoms with Crippen molar-refractivity contribution in [3.8, 4) is 5.88 Å². The van der Waals surface area contributed by atoms with E-state index in [0.29, 0.717) is 18.4 Å². The molecule has 0 aliphatic carbocycles. The van der Waals surface area contributed by atoms with E-state index in [1.165, 1.54) is 0 Å². The van der Waals surface area contributed by atoms with Crippen molar-refractivity contribution in [1.82, 2.24) is 19.9 Å². The number of hydrogen-bond acceptors (Lipinski definition) is 8. The second-order valence-electron chi connectivity index (χ2n) is 7.73. The van der Waals surface area contributed by atoms with Gasteiger partial charge in [0, 0.05) is 25.2 Å². The maximum Gasteiger partial charge on any atom is 0.490 e. The lowest BCUT2D eigenvalue weighted by Crippen LogP contribution is -2.66. The van der Waals surface area contributed by atoms with Gasteiger partial charge in [0.25, 0.3) is 0 Å². The Hall–Kier alpha value is -3.02. The molecule has 4 heterocycles. The predicted molar refractivity (Wildman–Crippen MR) is 106 cm³/mol. The fourth-order valence-corrected chi connectivity index (χ4v) is 3.68. The molecular weight excluding hydrogens is 431 g/mol. The fourth-order valence-electron chi connectivity index (χ4n) is 3.68. The van der Waals surface area contributed by atoms with Crippen LogP contribution in [0.2, 0.25) is 0 Å². The molecule has 0 bridgehead atoms. The Balaban J connectivity index is 0.000000360. The van der Waals surface area contributed by atoms with Gasteiger partial charge in [-0.15, -0.1) is 0 Å². The molecule has 174 valence electrons. The van der Waals surface area contributed by atoms with E-state index in [9.17, 15) is 13.2 Å². The van der Waals surface area contributed by atoms with Crippen molar-refractivity contribution in [2.45, 2.75) is 38.0 Å². The Morgan fingerprint density at radius 1 is 1.31 bits per heavy atom. The van der Waals surface area contributed by atoms with E-state index < -0.39 is 12.1 Å². The van der Waals surface area contributed by atoms with Gasteiger partial charge in [-0.25, -0.2) is 19.7 Å². The molecule has 9 nitrogen and oxygen atoms in total. The maximum absolute atomic E-state index is 10.6. The molecular formula is C20H24F3N5O4. The first-order chi connectivity index (χ1) is 15.2. The zero-order valence-electron chi connectivity index (χ0n) is 17.5. The second-order valence-corrected chi connectivity index (χ2v) is 7.73. The van der Waals surface area contributed by atoms with Crippen LogP contribution in [0, 0.1) is 12.8 Å². The van der Waals surface area contributed by atoms with Crippen molar-refractivity contribution in [1.29, 1.82) is 0 Å². The van der Waals surface area contributed by atoms with Crippen LogP contribution in [-0.2, 0) is 9.53 Å². The molecule has 1 N–H and O–H groups in total. The van der Waals surface area contributed by atoms with Crippen LogP contribution in [0.25, 0.3) is 0 Å². The van der Waals surface area contributed by atoms with E-state index >= 15 is 0 Å². The summed E-state index contributed by atoms with van der Waals surface area (Å²) in [6.07, 6.45) is 5.05. The molecule has 2 aliphatic rings.